The quantitative estimate of drug-likeness (QED) is 0.741. The van der Waals surface area contributed by atoms with Crippen LogP contribution in [0.2, 0.25) is 0 Å². The van der Waals surface area contributed by atoms with Gasteiger partial charge < -0.3 is 14.0 Å². The summed E-state index contributed by atoms with van der Waals surface area (Å²) in [6.45, 7) is 1.79. The third kappa shape index (κ3) is 2.91. The number of morpholine rings is 1. The van der Waals surface area contributed by atoms with Crippen LogP contribution >= 0.6 is 0 Å². The van der Waals surface area contributed by atoms with E-state index in [-0.39, 0.29) is 11.5 Å². The van der Waals surface area contributed by atoms with Gasteiger partial charge in [0.15, 0.2) is 5.43 Å². The molecule has 5 heteroatoms. The second kappa shape index (κ2) is 6.47. The van der Waals surface area contributed by atoms with Crippen molar-refractivity contribution in [3.8, 4) is 5.75 Å². The van der Waals surface area contributed by atoms with Crippen LogP contribution in [0, 0.1) is 0 Å². The third-order valence-corrected chi connectivity index (χ3v) is 4.07. The van der Waals surface area contributed by atoms with Crippen LogP contribution in [-0.4, -0.2) is 24.8 Å². The molecule has 122 valence electrons. The number of benzene rings is 2. The lowest BCUT2D eigenvalue weighted by Crippen LogP contribution is -2.40. The highest BCUT2D eigenvalue weighted by atomic mass is 16.7. The van der Waals surface area contributed by atoms with E-state index < -0.39 is 0 Å². The van der Waals surface area contributed by atoms with Gasteiger partial charge in [0, 0.05) is 11.6 Å². The fourth-order valence-electron chi connectivity index (χ4n) is 2.91. The number of nitrogens with zero attached hydrogens (tertiary/aromatic N) is 1. The molecule has 1 atom stereocenters. The standard InChI is InChI=1S/C19H17NO4/c21-17-9-11-23-19-15(17)7-4-8-16(19)18-13-20(10-12-22-18)24-14-5-2-1-3-6-14/h1-9,11,18H,10,12-13H2. The maximum absolute atomic E-state index is 12.0. The van der Waals surface area contributed by atoms with Crippen molar-refractivity contribution in [1.29, 1.82) is 0 Å². The topological polar surface area (TPSA) is 51.9 Å². The minimum atomic E-state index is -0.211. The highest BCUT2D eigenvalue weighted by molar-refractivity contribution is 5.79. The van der Waals surface area contributed by atoms with Gasteiger partial charge in [-0.3, -0.25) is 4.79 Å². The predicted octanol–water partition coefficient (Wildman–Crippen LogP) is 3.16. The third-order valence-electron chi connectivity index (χ3n) is 4.07. The molecule has 5 nitrogen and oxygen atoms in total. The fraction of sp³-hybridized carbons (Fsp3) is 0.211. The van der Waals surface area contributed by atoms with E-state index >= 15 is 0 Å². The normalized spacial score (nSPS) is 18.6. The van der Waals surface area contributed by atoms with Crippen molar-refractivity contribution in [3.63, 3.8) is 0 Å². The minimum Gasteiger partial charge on any atom is -0.464 e. The summed E-state index contributed by atoms with van der Waals surface area (Å²) in [5.41, 5.74) is 1.40. The maximum atomic E-state index is 12.0. The van der Waals surface area contributed by atoms with Gasteiger partial charge >= 0.3 is 0 Å². The summed E-state index contributed by atoms with van der Waals surface area (Å²) in [4.78, 5) is 17.9. The Bertz CT molecular complexity index is 891. The van der Waals surface area contributed by atoms with E-state index in [4.69, 9.17) is 14.0 Å². The number of hydrogen-bond acceptors (Lipinski definition) is 5. The predicted molar refractivity (Wildman–Crippen MR) is 89.8 cm³/mol. The van der Waals surface area contributed by atoms with Crippen LogP contribution in [-0.2, 0) is 4.74 Å². The van der Waals surface area contributed by atoms with Gasteiger partial charge in [-0.1, -0.05) is 30.3 Å². The lowest BCUT2D eigenvalue weighted by molar-refractivity contribution is -0.149. The van der Waals surface area contributed by atoms with E-state index in [1.165, 1.54) is 12.3 Å². The Balaban J connectivity index is 1.61. The lowest BCUT2D eigenvalue weighted by atomic mass is 10.0. The molecule has 4 rings (SSSR count). The number of rotatable bonds is 3. The molecule has 3 aromatic rings. The lowest BCUT2D eigenvalue weighted by Gasteiger charge is -2.32. The number of para-hydroxylation sites is 2. The SMILES string of the molecule is O=c1ccoc2c(C3CN(Oc4ccccc4)CCO3)cccc12. The van der Waals surface area contributed by atoms with Crippen molar-refractivity contribution < 1.29 is 14.0 Å². The summed E-state index contributed by atoms with van der Waals surface area (Å²) < 4.78 is 11.5. The number of fused-ring (bicyclic) bond motifs is 1. The highest BCUT2D eigenvalue weighted by Gasteiger charge is 2.26. The molecular formula is C19H17NO4. The highest BCUT2D eigenvalue weighted by Crippen LogP contribution is 2.28. The van der Waals surface area contributed by atoms with Gasteiger partial charge in [0.2, 0.25) is 0 Å². The molecular weight excluding hydrogens is 306 g/mol. The maximum Gasteiger partial charge on any atom is 0.192 e. The van der Waals surface area contributed by atoms with E-state index in [0.29, 0.717) is 30.7 Å². The zero-order valence-corrected chi connectivity index (χ0v) is 13.1. The van der Waals surface area contributed by atoms with Gasteiger partial charge in [-0.05, 0) is 18.2 Å². The van der Waals surface area contributed by atoms with Crippen molar-refractivity contribution in [2.45, 2.75) is 6.10 Å². The molecule has 0 radical (unpaired) electrons. The molecule has 1 aliphatic rings. The van der Waals surface area contributed by atoms with Crippen molar-refractivity contribution >= 4 is 11.0 Å². The molecule has 0 amide bonds. The molecule has 1 aliphatic heterocycles. The number of ether oxygens (including phenoxy) is 1. The zero-order chi connectivity index (χ0) is 16.4. The Kier molecular flexibility index (Phi) is 4.02. The van der Waals surface area contributed by atoms with Gasteiger partial charge in [0.25, 0.3) is 0 Å². The van der Waals surface area contributed by atoms with E-state index in [0.717, 1.165) is 11.3 Å². The van der Waals surface area contributed by atoms with Crippen LogP contribution in [0.4, 0.5) is 0 Å². The molecule has 0 spiro atoms. The molecule has 1 saturated heterocycles. The molecule has 2 aromatic carbocycles. The molecule has 24 heavy (non-hydrogen) atoms. The molecule has 1 unspecified atom stereocenters. The summed E-state index contributed by atoms with van der Waals surface area (Å²) in [6, 6.07) is 16.6. The van der Waals surface area contributed by atoms with Crippen LogP contribution < -0.4 is 10.3 Å². The van der Waals surface area contributed by atoms with Gasteiger partial charge in [0.1, 0.15) is 17.4 Å². The summed E-state index contributed by atoms with van der Waals surface area (Å²) in [5, 5.41) is 2.45. The average Bonchev–Trinajstić information content (AvgIpc) is 2.63. The molecule has 0 N–H and O–H groups in total. The van der Waals surface area contributed by atoms with Gasteiger partial charge in [-0.25, -0.2) is 0 Å². The van der Waals surface area contributed by atoms with Crippen LogP contribution in [0.15, 0.2) is 70.1 Å². The van der Waals surface area contributed by atoms with Gasteiger partial charge in [-0.15, -0.1) is 5.06 Å². The second-order valence-corrected chi connectivity index (χ2v) is 5.66. The summed E-state index contributed by atoms with van der Waals surface area (Å²) in [5.74, 6) is 0.794. The largest absolute Gasteiger partial charge is 0.464 e. The van der Waals surface area contributed by atoms with Gasteiger partial charge in [-0.2, -0.15) is 0 Å². The van der Waals surface area contributed by atoms with E-state index in [9.17, 15) is 4.79 Å². The first-order valence-corrected chi connectivity index (χ1v) is 7.91. The van der Waals surface area contributed by atoms with Crippen LogP contribution in [0.25, 0.3) is 11.0 Å². The molecule has 0 aliphatic carbocycles. The second-order valence-electron chi connectivity index (χ2n) is 5.66. The van der Waals surface area contributed by atoms with E-state index in [1.54, 1.807) is 6.07 Å². The van der Waals surface area contributed by atoms with Crippen molar-refractivity contribution in [3.05, 3.63) is 76.6 Å². The first-order valence-electron chi connectivity index (χ1n) is 7.91. The summed E-state index contributed by atoms with van der Waals surface area (Å²) in [7, 11) is 0. The molecule has 0 saturated carbocycles. The van der Waals surface area contributed by atoms with Crippen molar-refractivity contribution in [2.24, 2.45) is 0 Å². The summed E-state index contributed by atoms with van der Waals surface area (Å²) >= 11 is 0. The molecule has 1 fully saturated rings. The number of hydroxylamine groups is 2. The first kappa shape index (κ1) is 14.9. The smallest absolute Gasteiger partial charge is 0.192 e. The summed E-state index contributed by atoms with van der Waals surface area (Å²) in [6.07, 6.45) is 1.21. The molecule has 1 aromatic heterocycles. The molecule has 2 heterocycles. The Hall–Kier alpha value is -2.63. The zero-order valence-electron chi connectivity index (χ0n) is 13.1. The Morgan fingerprint density at radius 1 is 1.04 bits per heavy atom. The van der Waals surface area contributed by atoms with Crippen LogP contribution in [0.3, 0.4) is 0 Å². The van der Waals surface area contributed by atoms with E-state index in [2.05, 4.69) is 0 Å². The average molecular weight is 323 g/mol. The first-order chi connectivity index (χ1) is 11.8. The van der Waals surface area contributed by atoms with Crippen LogP contribution in [0.5, 0.6) is 5.75 Å². The fourth-order valence-corrected chi connectivity index (χ4v) is 2.91. The number of hydrogen-bond donors (Lipinski definition) is 0. The van der Waals surface area contributed by atoms with Crippen LogP contribution in [0.1, 0.15) is 11.7 Å². The van der Waals surface area contributed by atoms with Crippen molar-refractivity contribution in [2.75, 3.05) is 19.7 Å². The monoisotopic (exact) mass is 323 g/mol. The molecule has 0 bridgehead atoms. The Morgan fingerprint density at radius 3 is 2.79 bits per heavy atom. The Morgan fingerprint density at radius 2 is 1.92 bits per heavy atom. The minimum absolute atomic E-state index is 0.0497. The van der Waals surface area contributed by atoms with Crippen molar-refractivity contribution in [1.82, 2.24) is 5.06 Å². The van der Waals surface area contributed by atoms with E-state index in [1.807, 2.05) is 47.5 Å². The van der Waals surface area contributed by atoms with Gasteiger partial charge in [0.05, 0.1) is 31.3 Å². The Labute approximate surface area is 139 Å².